The van der Waals surface area contributed by atoms with Gasteiger partial charge in [-0.1, -0.05) is 20.3 Å². The molecule has 0 aromatic carbocycles. The van der Waals surface area contributed by atoms with Gasteiger partial charge in [-0.15, -0.1) is 0 Å². The molecule has 0 bridgehead atoms. The summed E-state index contributed by atoms with van der Waals surface area (Å²) in [5, 5.41) is 0. The summed E-state index contributed by atoms with van der Waals surface area (Å²) in [5.74, 6) is 1.92. The summed E-state index contributed by atoms with van der Waals surface area (Å²) in [7, 11) is 1.06. The van der Waals surface area contributed by atoms with Crippen LogP contribution in [0.1, 0.15) is 33.1 Å². The predicted molar refractivity (Wildman–Crippen MR) is 53.2 cm³/mol. The minimum atomic E-state index is -0.440. The smallest absolute Gasteiger partial charge is 0.0234 e. The van der Waals surface area contributed by atoms with Gasteiger partial charge in [-0.3, -0.25) is 4.21 Å². The van der Waals surface area contributed by atoms with Gasteiger partial charge in [-0.05, 0) is 19.9 Å². The Morgan fingerprint density at radius 1 is 1.00 bits per heavy atom. The molecular formula is C8H21NOS. The highest BCUT2D eigenvalue weighted by atomic mass is 32.2. The fourth-order valence-electron chi connectivity index (χ4n) is 0.805. The van der Waals surface area contributed by atoms with Crippen LogP contribution in [0.2, 0.25) is 0 Å². The average molecular weight is 179 g/mol. The van der Waals surface area contributed by atoms with Crippen LogP contribution < -0.4 is 5.73 Å². The van der Waals surface area contributed by atoms with Crippen molar-refractivity contribution >= 4 is 10.8 Å². The highest BCUT2D eigenvalue weighted by Crippen LogP contribution is 2.05. The molecule has 11 heavy (non-hydrogen) atoms. The first-order valence-corrected chi connectivity index (χ1v) is 5.81. The van der Waals surface area contributed by atoms with Crippen molar-refractivity contribution in [3.8, 4) is 0 Å². The Kier molecular flexibility index (Phi) is 15.9. The SMILES string of the molecule is CC.CN.O=S1CCCCC1. The average Bonchev–Trinajstić information content (AvgIpc) is 2.13. The molecule has 0 aromatic rings. The monoisotopic (exact) mass is 179 g/mol. The summed E-state index contributed by atoms with van der Waals surface area (Å²) >= 11 is 0. The minimum absolute atomic E-state index is 0.440. The van der Waals surface area contributed by atoms with E-state index in [1.807, 2.05) is 13.8 Å². The second-order valence-electron chi connectivity index (χ2n) is 1.91. The zero-order valence-corrected chi connectivity index (χ0v) is 8.75. The first kappa shape index (κ1) is 13.7. The number of hydrogen-bond donors (Lipinski definition) is 1. The van der Waals surface area contributed by atoms with Crippen molar-refractivity contribution in [3.63, 3.8) is 0 Å². The van der Waals surface area contributed by atoms with Crippen LogP contribution in [0.4, 0.5) is 0 Å². The van der Waals surface area contributed by atoms with E-state index in [-0.39, 0.29) is 0 Å². The highest BCUT2D eigenvalue weighted by Gasteiger charge is 2.04. The van der Waals surface area contributed by atoms with E-state index in [1.165, 1.54) is 26.3 Å². The van der Waals surface area contributed by atoms with Crippen molar-refractivity contribution in [1.29, 1.82) is 0 Å². The van der Waals surface area contributed by atoms with Gasteiger partial charge >= 0.3 is 0 Å². The second-order valence-corrected chi connectivity index (χ2v) is 3.60. The molecule has 1 saturated heterocycles. The maximum Gasteiger partial charge on any atom is 0.0234 e. The Labute approximate surface area is 73.0 Å². The summed E-state index contributed by atoms with van der Waals surface area (Å²) in [5.41, 5.74) is 4.50. The Hall–Kier alpha value is 0.110. The predicted octanol–water partition coefficient (Wildman–Crippen LogP) is 1.52. The number of rotatable bonds is 0. The molecule has 1 aliphatic rings. The van der Waals surface area contributed by atoms with Gasteiger partial charge < -0.3 is 5.73 Å². The zero-order chi connectivity index (χ0) is 9.11. The van der Waals surface area contributed by atoms with E-state index < -0.39 is 10.8 Å². The lowest BCUT2D eigenvalue weighted by atomic mass is 10.3. The van der Waals surface area contributed by atoms with Crippen LogP contribution in [0.25, 0.3) is 0 Å². The molecule has 0 amide bonds. The normalized spacial score (nSPS) is 17.1. The molecule has 0 radical (unpaired) electrons. The Morgan fingerprint density at radius 3 is 1.55 bits per heavy atom. The van der Waals surface area contributed by atoms with Crippen molar-refractivity contribution in [2.75, 3.05) is 18.6 Å². The first-order valence-electron chi connectivity index (χ1n) is 4.32. The molecule has 0 spiro atoms. The standard InChI is InChI=1S/C5H10OS.C2H6.CH5N/c6-7-4-2-1-3-5-7;2*1-2/h1-5H2;1-2H3;2H2,1H3. The van der Waals surface area contributed by atoms with Crippen molar-refractivity contribution in [2.24, 2.45) is 5.73 Å². The van der Waals surface area contributed by atoms with Gasteiger partial charge in [0.1, 0.15) is 0 Å². The van der Waals surface area contributed by atoms with Crippen molar-refractivity contribution in [2.45, 2.75) is 33.1 Å². The molecule has 2 nitrogen and oxygen atoms in total. The Morgan fingerprint density at radius 2 is 1.36 bits per heavy atom. The van der Waals surface area contributed by atoms with Gasteiger partial charge in [-0.2, -0.15) is 0 Å². The maximum absolute atomic E-state index is 10.6. The third-order valence-corrected chi connectivity index (χ3v) is 2.73. The Balaban J connectivity index is 0. The van der Waals surface area contributed by atoms with E-state index in [4.69, 9.17) is 0 Å². The van der Waals surface area contributed by atoms with E-state index in [1.54, 1.807) is 0 Å². The Bertz CT molecular complexity index is 78.2. The molecule has 1 fully saturated rings. The quantitative estimate of drug-likeness (QED) is 0.612. The molecule has 1 aliphatic heterocycles. The molecule has 2 N–H and O–H groups in total. The van der Waals surface area contributed by atoms with Gasteiger partial charge in [0.05, 0.1) is 0 Å². The lowest BCUT2D eigenvalue weighted by Gasteiger charge is -2.06. The van der Waals surface area contributed by atoms with Crippen LogP contribution in [0.15, 0.2) is 0 Å². The number of nitrogens with two attached hydrogens (primary N) is 1. The summed E-state index contributed by atoms with van der Waals surface area (Å²) < 4.78 is 10.6. The van der Waals surface area contributed by atoms with Crippen molar-refractivity contribution < 1.29 is 4.21 Å². The first-order chi connectivity index (χ1) is 5.39. The summed E-state index contributed by atoms with van der Waals surface area (Å²) in [6.45, 7) is 4.00. The second kappa shape index (κ2) is 12.8. The molecule has 1 heterocycles. The molecular weight excluding hydrogens is 158 g/mol. The van der Waals surface area contributed by atoms with Crippen LogP contribution in [0.3, 0.4) is 0 Å². The number of hydrogen-bond acceptors (Lipinski definition) is 2. The van der Waals surface area contributed by atoms with Crippen LogP contribution in [0, 0.1) is 0 Å². The van der Waals surface area contributed by atoms with E-state index in [2.05, 4.69) is 5.73 Å². The molecule has 1 rings (SSSR count). The van der Waals surface area contributed by atoms with Crippen molar-refractivity contribution in [3.05, 3.63) is 0 Å². The fraction of sp³-hybridized carbons (Fsp3) is 1.00. The van der Waals surface area contributed by atoms with Gasteiger partial charge in [0.15, 0.2) is 0 Å². The zero-order valence-electron chi connectivity index (χ0n) is 7.93. The molecule has 0 aromatic heterocycles. The van der Waals surface area contributed by atoms with E-state index in [9.17, 15) is 4.21 Å². The van der Waals surface area contributed by atoms with Crippen LogP contribution in [0.5, 0.6) is 0 Å². The molecule has 0 atom stereocenters. The molecule has 0 unspecified atom stereocenters. The molecule has 70 valence electrons. The van der Waals surface area contributed by atoms with Crippen molar-refractivity contribution in [1.82, 2.24) is 0 Å². The topological polar surface area (TPSA) is 43.1 Å². The minimum Gasteiger partial charge on any atom is -0.333 e. The largest absolute Gasteiger partial charge is 0.333 e. The van der Waals surface area contributed by atoms with Gasteiger partial charge in [0.2, 0.25) is 0 Å². The van der Waals surface area contributed by atoms with Crippen LogP contribution in [-0.4, -0.2) is 22.8 Å². The molecule has 3 heteroatoms. The van der Waals surface area contributed by atoms with Gasteiger partial charge in [0.25, 0.3) is 0 Å². The highest BCUT2D eigenvalue weighted by molar-refractivity contribution is 7.85. The third kappa shape index (κ3) is 10.1. The molecule has 0 aliphatic carbocycles. The summed E-state index contributed by atoms with van der Waals surface area (Å²) in [4.78, 5) is 0. The summed E-state index contributed by atoms with van der Waals surface area (Å²) in [6, 6.07) is 0. The van der Waals surface area contributed by atoms with E-state index in [0.29, 0.717) is 0 Å². The van der Waals surface area contributed by atoms with E-state index >= 15 is 0 Å². The van der Waals surface area contributed by atoms with Gasteiger partial charge in [0, 0.05) is 22.3 Å². The van der Waals surface area contributed by atoms with Crippen LogP contribution in [-0.2, 0) is 10.8 Å². The van der Waals surface area contributed by atoms with E-state index in [0.717, 1.165) is 11.5 Å². The maximum atomic E-state index is 10.6. The fourth-order valence-corrected chi connectivity index (χ4v) is 2.06. The lowest BCUT2D eigenvalue weighted by molar-refractivity contribution is 0.658. The van der Waals surface area contributed by atoms with Crippen LogP contribution >= 0.6 is 0 Å². The lowest BCUT2D eigenvalue weighted by Crippen LogP contribution is -2.08. The third-order valence-electron chi connectivity index (χ3n) is 1.24. The summed E-state index contributed by atoms with van der Waals surface area (Å²) in [6.07, 6.45) is 3.67. The van der Waals surface area contributed by atoms with Gasteiger partial charge in [-0.25, -0.2) is 0 Å². The molecule has 0 saturated carbocycles.